The van der Waals surface area contributed by atoms with Crippen LogP contribution in [0.5, 0.6) is 0 Å². The molecule has 1 fully saturated rings. The van der Waals surface area contributed by atoms with Gasteiger partial charge in [0.15, 0.2) is 9.84 Å². The van der Waals surface area contributed by atoms with Crippen LogP contribution in [0.1, 0.15) is 13.3 Å². The molecule has 0 N–H and O–H groups in total. The first-order valence-electron chi connectivity index (χ1n) is 5.69. The Labute approximate surface area is 105 Å². The largest absolute Gasteiger partial charge is 0.228 e. The van der Waals surface area contributed by atoms with Crippen LogP contribution in [-0.4, -0.2) is 27.5 Å². The van der Waals surface area contributed by atoms with Gasteiger partial charge in [0.1, 0.15) is 4.75 Å². The van der Waals surface area contributed by atoms with Crippen molar-refractivity contribution in [2.45, 2.75) is 43.8 Å². The summed E-state index contributed by atoms with van der Waals surface area (Å²) < 4.78 is 23.4. The van der Waals surface area contributed by atoms with E-state index in [1.807, 2.05) is 0 Å². The molecule has 2 unspecified atom stereocenters. The Hall–Kier alpha value is -0.603. The number of sulfone groups is 1. The first-order chi connectivity index (χ1) is 7.40. The summed E-state index contributed by atoms with van der Waals surface area (Å²) in [7, 11) is -4.93. The van der Waals surface area contributed by atoms with Crippen LogP contribution in [0.15, 0.2) is 12.2 Å². The van der Waals surface area contributed by atoms with Gasteiger partial charge in [0.2, 0.25) is 0 Å². The third-order valence-corrected chi connectivity index (χ3v) is 7.69. The number of nitrogens with zero attached hydrogens (tertiary/aromatic N) is 1. The SMILES string of the molecule is C=C1CC(C)(C#N)C1(C[Si](C)(C)C)S(C)(=O)=O. The molecular weight excluding hydrogens is 250 g/mol. The molecular formula is C12H21NO2SSi. The summed E-state index contributed by atoms with van der Waals surface area (Å²) in [6.07, 6.45) is 1.74. The van der Waals surface area contributed by atoms with Crippen LogP contribution < -0.4 is 0 Å². The van der Waals surface area contributed by atoms with E-state index in [0.29, 0.717) is 18.0 Å². The highest BCUT2D eigenvalue weighted by molar-refractivity contribution is 7.92. The molecule has 5 heteroatoms. The van der Waals surface area contributed by atoms with E-state index in [-0.39, 0.29) is 0 Å². The molecule has 2 atom stereocenters. The minimum atomic E-state index is -3.32. The lowest BCUT2D eigenvalue weighted by Gasteiger charge is -2.56. The Morgan fingerprint density at radius 2 is 1.94 bits per heavy atom. The second-order valence-electron chi connectivity index (χ2n) is 6.56. The van der Waals surface area contributed by atoms with Crippen LogP contribution in [0.3, 0.4) is 0 Å². The Balaban J connectivity index is 3.42. The molecule has 0 heterocycles. The summed E-state index contributed by atoms with van der Waals surface area (Å²) in [6.45, 7) is 12.0. The van der Waals surface area contributed by atoms with Gasteiger partial charge < -0.3 is 0 Å². The molecule has 1 saturated carbocycles. The van der Waals surface area contributed by atoms with Gasteiger partial charge in [0, 0.05) is 14.3 Å². The average molecular weight is 271 g/mol. The standard InChI is InChI=1S/C12H21NO2SSi/c1-10-7-11(2,8-13)12(10,16(3,14)15)9-17(4,5)6/h1,7,9H2,2-6H3. The van der Waals surface area contributed by atoms with Gasteiger partial charge in [-0.05, 0) is 19.4 Å². The van der Waals surface area contributed by atoms with Crippen LogP contribution in [0.25, 0.3) is 0 Å². The van der Waals surface area contributed by atoms with Crippen LogP contribution in [0.4, 0.5) is 0 Å². The Kier molecular flexibility index (Phi) is 3.14. The zero-order chi connectivity index (χ0) is 13.7. The maximum Gasteiger partial charge on any atom is 0.158 e. The quantitative estimate of drug-likeness (QED) is 0.585. The van der Waals surface area contributed by atoms with Crippen molar-refractivity contribution in [1.82, 2.24) is 0 Å². The fraction of sp³-hybridized carbons (Fsp3) is 0.750. The van der Waals surface area contributed by atoms with Gasteiger partial charge in [-0.1, -0.05) is 31.8 Å². The highest BCUT2D eigenvalue weighted by atomic mass is 32.2. The summed E-state index contributed by atoms with van der Waals surface area (Å²) in [4.78, 5) is 0. The predicted octanol–water partition coefficient (Wildman–Crippen LogP) is 2.60. The summed E-state index contributed by atoms with van der Waals surface area (Å²) in [5, 5.41) is 9.32. The first kappa shape index (κ1) is 14.5. The molecule has 0 spiro atoms. The van der Waals surface area contributed by atoms with Gasteiger partial charge in [-0.15, -0.1) is 0 Å². The molecule has 0 aromatic rings. The van der Waals surface area contributed by atoms with Crippen molar-refractivity contribution in [2.75, 3.05) is 6.26 Å². The molecule has 17 heavy (non-hydrogen) atoms. The molecule has 1 rings (SSSR count). The smallest absolute Gasteiger partial charge is 0.158 e. The molecule has 0 radical (unpaired) electrons. The van der Waals surface area contributed by atoms with Gasteiger partial charge in [-0.3, -0.25) is 0 Å². The van der Waals surface area contributed by atoms with E-state index in [9.17, 15) is 13.7 Å². The fourth-order valence-corrected chi connectivity index (χ4v) is 9.01. The Morgan fingerprint density at radius 3 is 2.18 bits per heavy atom. The van der Waals surface area contributed by atoms with Crippen molar-refractivity contribution in [2.24, 2.45) is 5.41 Å². The lowest BCUT2D eigenvalue weighted by atomic mass is 9.59. The van der Waals surface area contributed by atoms with Gasteiger partial charge >= 0.3 is 0 Å². The van der Waals surface area contributed by atoms with E-state index in [0.717, 1.165) is 0 Å². The predicted molar refractivity (Wildman–Crippen MR) is 73.2 cm³/mol. The molecule has 0 bridgehead atoms. The highest BCUT2D eigenvalue weighted by Crippen LogP contribution is 2.60. The summed E-state index contributed by atoms with van der Waals surface area (Å²) in [5.41, 5.74) is -0.0933. The van der Waals surface area contributed by atoms with Crippen molar-refractivity contribution in [1.29, 1.82) is 5.26 Å². The van der Waals surface area contributed by atoms with Gasteiger partial charge in [-0.2, -0.15) is 5.26 Å². The lowest BCUT2D eigenvalue weighted by Crippen LogP contribution is -2.63. The number of hydrogen-bond donors (Lipinski definition) is 0. The topological polar surface area (TPSA) is 57.9 Å². The molecule has 0 saturated heterocycles. The molecule has 3 nitrogen and oxygen atoms in total. The normalized spacial score (nSPS) is 34.0. The van der Waals surface area contributed by atoms with Crippen molar-refractivity contribution in [3.05, 3.63) is 12.2 Å². The van der Waals surface area contributed by atoms with Gasteiger partial charge in [0.25, 0.3) is 0 Å². The second-order valence-corrected chi connectivity index (χ2v) is 14.3. The molecule has 1 aliphatic rings. The Bertz CT molecular complexity index is 498. The second kappa shape index (κ2) is 3.69. The molecule has 0 aromatic heterocycles. The van der Waals surface area contributed by atoms with Crippen LogP contribution >= 0.6 is 0 Å². The third kappa shape index (κ3) is 1.98. The van der Waals surface area contributed by atoms with Crippen LogP contribution in [0.2, 0.25) is 25.7 Å². The van der Waals surface area contributed by atoms with E-state index in [4.69, 9.17) is 0 Å². The van der Waals surface area contributed by atoms with E-state index >= 15 is 0 Å². The fourth-order valence-electron chi connectivity index (χ4n) is 3.00. The van der Waals surface area contributed by atoms with Crippen LogP contribution in [0, 0.1) is 16.7 Å². The van der Waals surface area contributed by atoms with Crippen LogP contribution in [-0.2, 0) is 9.84 Å². The van der Waals surface area contributed by atoms with E-state index in [1.165, 1.54) is 6.26 Å². The molecule has 1 aliphatic carbocycles. The molecule has 0 amide bonds. The molecule has 0 aromatic carbocycles. The summed E-state index contributed by atoms with van der Waals surface area (Å²) in [5.74, 6) is 0. The highest BCUT2D eigenvalue weighted by Gasteiger charge is 2.66. The van der Waals surface area contributed by atoms with Crippen molar-refractivity contribution in [3.63, 3.8) is 0 Å². The van der Waals surface area contributed by atoms with Crippen molar-refractivity contribution >= 4 is 17.9 Å². The van der Waals surface area contributed by atoms with Crippen molar-refractivity contribution in [3.8, 4) is 6.07 Å². The minimum absolute atomic E-state index is 0.501. The minimum Gasteiger partial charge on any atom is -0.228 e. The monoisotopic (exact) mass is 271 g/mol. The van der Waals surface area contributed by atoms with Gasteiger partial charge in [0.05, 0.1) is 11.5 Å². The van der Waals surface area contributed by atoms with E-state index in [2.05, 4.69) is 32.3 Å². The number of hydrogen-bond acceptors (Lipinski definition) is 3. The Morgan fingerprint density at radius 1 is 1.47 bits per heavy atom. The third-order valence-electron chi connectivity index (χ3n) is 3.69. The maximum absolute atomic E-state index is 12.2. The zero-order valence-corrected chi connectivity index (χ0v) is 13.1. The zero-order valence-electron chi connectivity index (χ0n) is 11.3. The first-order valence-corrected chi connectivity index (χ1v) is 11.3. The lowest BCUT2D eigenvalue weighted by molar-refractivity contribution is 0.247. The summed E-state index contributed by atoms with van der Waals surface area (Å²) in [6, 6.07) is 2.80. The number of nitriles is 1. The van der Waals surface area contributed by atoms with E-state index in [1.54, 1.807) is 6.92 Å². The van der Waals surface area contributed by atoms with Gasteiger partial charge in [-0.25, -0.2) is 8.42 Å². The molecule has 96 valence electrons. The van der Waals surface area contributed by atoms with E-state index < -0.39 is 28.1 Å². The summed E-state index contributed by atoms with van der Waals surface area (Å²) >= 11 is 0. The average Bonchev–Trinajstić information content (AvgIpc) is 2.10. The molecule has 0 aliphatic heterocycles. The number of rotatable bonds is 3. The van der Waals surface area contributed by atoms with Crippen molar-refractivity contribution < 1.29 is 8.42 Å². The maximum atomic E-state index is 12.2.